The normalized spacial score (nSPS) is 14.4. The molecule has 6 nitrogen and oxygen atoms in total. The van der Waals surface area contributed by atoms with Gasteiger partial charge in [0.2, 0.25) is 0 Å². The molecule has 1 saturated heterocycles. The van der Waals surface area contributed by atoms with Crippen molar-refractivity contribution in [2.45, 2.75) is 13.5 Å². The Balaban J connectivity index is 1.54. The lowest BCUT2D eigenvalue weighted by molar-refractivity contribution is 0.0563. The van der Waals surface area contributed by atoms with E-state index >= 15 is 0 Å². The average Bonchev–Trinajstić information content (AvgIpc) is 3.32. The lowest BCUT2D eigenvalue weighted by atomic mass is 10.2. The van der Waals surface area contributed by atoms with Gasteiger partial charge in [-0.2, -0.15) is 0 Å². The van der Waals surface area contributed by atoms with E-state index in [0.29, 0.717) is 45.0 Å². The summed E-state index contributed by atoms with van der Waals surface area (Å²) in [6, 6.07) is 10.2. The Morgan fingerprint density at radius 2 is 1.76 bits per heavy atom. The topological polar surface area (TPSA) is 54.8 Å². The molecule has 1 fully saturated rings. The number of halogens is 1. The SMILES string of the molecule is CCOC(=O)N1CCN(C(=O)c2cc3ccsc3n2Cc2ccc(F)cc2)CC1. The van der Waals surface area contributed by atoms with Crippen LogP contribution in [-0.4, -0.2) is 59.2 Å². The molecule has 0 bridgehead atoms. The first-order chi connectivity index (χ1) is 14.1. The van der Waals surface area contributed by atoms with E-state index in [1.807, 2.05) is 22.1 Å². The van der Waals surface area contributed by atoms with Crippen LogP contribution in [0.15, 0.2) is 41.8 Å². The first-order valence-corrected chi connectivity index (χ1v) is 10.5. The molecule has 0 atom stereocenters. The molecule has 2 amide bonds. The fourth-order valence-electron chi connectivity index (χ4n) is 3.55. The molecule has 1 aliphatic heterocycles. The molecule has 4 rings (SSSR count). The van der Waals surface area contributed by atoms with Gasteiger partial charge >= 0.3 is 6.09 Å². The fraction of sp³-hybridized carbons (Fsp3) is 0.333. The second kappa shape index (κ2) is 8.24. The maximum atomic E-state index is 13.3. The quantitative estimate of drug-likeness (QED) is 0.651. The number of hydrogen-bond acceptors (Lipinski definition) is 4. The molecule has 2 aromatic heterocycles. The Morgan fingerprint density at radius 3 is 2.45 bits per heavy atom. The van der Waals surface area contributed by atoms with Crippen molar-refractivity contribution in [3.05, 3.63) is 58.9 Å². The minimum absolute atomic E-state index is 0.0565. The Labute approximate surface area is 172 Å². The number of fused-ring (bicyclic) bond motifs is 1. The van der Waals surface area contributed by atoms with Gasteiger partial charge in [-0.3, -0.25) is 4.79 Å². The van der Waals surface area contributed by atoms with Crippen molar-refractivity contribution < 1.29 is 18.7 Å². The van der Waals surface area contributed by atoms with Crippen LogP contribution in [0.2, 0.25) is 0 Å². The number of ether oxygens (including phenoxy) is 1. The van der Waals surface area contributed by atoms with E-state index in [1.54, 1.807) is 40.2 Å². The first-order valence-electron chi connectivity index (χ1n) is 9.59. The van der Waals surface area contributed by atoms with Crippen molar-refractivity contribution >= 4 is 33.6 Å². The van der Waals surface area contributed by atoms with E-state index < -0.39 is 0 Å². The Morgan fingerprint density at radius 1 is 1.07 bits per heavy atom. The number of thiophene rings is 1. The highest BCUT2D eigenvalue weighted by atomic mass is 32.1. The van der Waals surface area contributed by atoms with Gasteiger partial charge in [-0.1, -0.05) is 12.1 Å². The highest BCUT2D eigenvalue weighted by molar-refractivity contribution is 7.16. The molecule has 0 aliphatic carbocycles. The molecule has 152 valence electrons. The van der Waals surface area contributed by atoms with Crippen LogP contribution in [0, 0.1) is 5.82 Å². The van der Waals surface area contributed by atoms with E-state index in [4.69, 9.17) is 4.74 Å². The average molecular weight is 415 g/mol. The number of benzene rings is 1. The van der Waals surface area contributed by atoms with Gasteiger partial charge in [0.1, 0.15) is 16.3 Å². The second-order valence-corrected chi connectivity index (χ2v) is 7.80. The van der Waals surface area contributed by atoms with Gasteiger partial charge in [-0.05, 0) is 42.1 Å². The summed E-state index contributed by atoms with van der Waals surface area (Å²) in [6.45, 7) is 4.45. The number of nitrogens with zero attached hydrogens (tertiary/aromatic N) is 3. The summed E-state index contributed by atoms with van der Waals surface area (Å²) in [5.74, 6) is -0.336. The minimum Gasteiger partial charge on any atom is -0.450 e. The van der Waals surface area contributed by atoms with E-state index in [9.17, 15) is 14.0 Å². The third-order valence-electron chi connectivity index (χ3n) is 5.07. The van der Waals surface area contributed by atoms with Crippen LogP contribution in [0.5, 0.6) is 0 Å². The number of aromatic nitrogens is 1. The summed E-state index contributed by atoms with van der Waals surface area (Å²) in [7, 11) is 0. The number of hydrogen-bond donors (Lipinski definition) is 0. The van der Waals surface area contributed by atoms with Crippen molar-refractivity contribution in [1.82, 2.24) is 14.4 Å². The number of carbonyl (C=O) groups is 2. The van der Waals surface area contributed by atoms with Crippen LogP contribution in [0.25, 0.3) is 10.2 Å². The molecule has 8 heteroatoms. The van der Waals surface area contributed by atoms with Crippen LogP contribution in [0.1, 0.15) is 23.0 Å². The Hall–Kier alpha value is -2.87. The van der Waals surface area contributed by atoms with Crippen LogP contribution in [0.3, 0.4) is 0 Å². The summed E-state index contributed by atoms with van der Waals surface area (Å²) in [6.07, 6.45) is -0.334. The molecule has 0 radical (unpaired) electrons. The summed E-state index contributed by atoms with van der Waals surface area (Å²) in [5, 5.41) is 3.02. The lowest BCUT2D eigenvalue weighted by Crippen LogP contribution is -2.51. The molecule has 3 aromatic rings. The van der Waals surface area contributed by atoms with Crippen LogP contribution < -0.4 is 0 Å². The van der Waals surface area contributed by atoms with Crippen LogP contribution >= 0.6 is 11.3 Å². The summed E-state index contributed by atoms with van der Waals surface area (Å²) < 4.78 is 20.3. The molecule has 1 aromatic carbocycles. The smallest absolute Gasteiger partial charge is 0.409 e. The fourth-order valence-corrected chi connectivity index (χ4v) is 4.45. The molecule has 29 heavy (non-hydrogen) atoms. The summed E-state index contributed by atoms with van der Waals surface area (Å²) in [4.78, 5) is 29.5. The van der Waals surface area contributed by atoms with Crippen LogP contribution in [-0.2, 0) is 11.3 Å². The largest absolute Gasteiger partial charge is 0.450 e. The van der Waals surface area contributed by atoms with Gasteiger partial charge in [0.15, 0.2) is 0 Å². The lowest BCUT2D eigenvalue weighted by Gasteiger charge is -2.34. The van der Waals surface area contributed by atoms with E-state index in [0.717, 1.165) is 15.8 Å². The summed E-state index contributed by atoms with van der Waals surface area (Å²) >= 11 is 1.58. The number of piperazine rings is 1. The molecule has 1 aliphatic rings. The van der Waals surface area contributed by atoms with E-state index in [2.05, 4.69) is 0 Å². The zero-order valence-electron chi connectivity index (χ0n) is 16.1. The minimum atomic E-state index is -0.334. The maximum Gasteiger partial charge on any atom is 0.409 e. The Bertz CT molecular complexity index is 1020. The predicted molar refractivity (Wildman–Crippen MR) is 110 cm³/mol. The van der Waals surface area contributed by atoms with E-state index in [1.165, 1.54) is 12.1 Å². The monoisotopic (exact) mass is 415 g/mol. The number of rotatable bonds is 4. The van der Waals surface area contributed by atoms with Gasteiger partial charge in [0.05, 0.1) is 6.61 Å². The zero-order chi connectivity index (χ0) is 20.4. The third kappa shape index (κ3) is 3.98. The van der Waals surface area contributed by atoms with Crippen LogP contribution in [0.4, 0.5) is 9.18 Å². The maximum absolute atomic E-state index is 13.3. The molecule has 3 heterocycles. The highest BCUT2D eigenvalue weighted by Crippen LogP contribution is 2.27. The standard InChI is InChI=1S/C21H22FN3O3S/c1-2-28-21(27)24-10-8-23(9-11-24)19(26)18-13-16-7-12-29-20(16)25(18)14-15-3-5-17(22)6-4-15/h3-7,12-13H,2,8-11,14H2,1H3. The summed E-state index contributed by atoms with van der Waals surface area (Å²) in [5.41, 5.74) is 1.54. The molecule has 0 N–H and O–H groups in total. The van der Waals surface area contributed by atoms with Crippen molar-refractivity contribution in [2.24, 2.45) is 0 Å². The zero-order valence-corrected chi connectivity index (χ0v) is 17.0. The van der Waals surface area contributed by atoms with Crippen molar-refractivity contribution in [2.75, 3.05) is 32.8 Å². The third-order valence-corrected chi connectivity index (χ3v) is 6.02. The van der Waals surface area contributed by atoms with Gasteiger partial charge in [-0.15, -0.1) is 11.3 Å². The Kier molecular flexibility index (Phi) is 5.53. The van der Waals surface area contributed by atoms with Gasteiger partial charge in [0, 0.05) is 38.1 Å². The predicted octanol–water partition coefficient (Wildman–Crippen LogP) is 3.80. The second-order valence-electron chi connectivity index (χ2n) is 6.90. The van der Waals surface area contributed by atoms with Gasteiger partial charge < -0.3 is 19.1 Å². The molecule has 0 spiro atoms. The van der Waals surface area contributed by atoms with Crippen molar-refractivity contribution in [1.29, 1.82) is 0 Å². The van der Waals surface area contributed by atoms with Gasteiger partial charge in [-0.25, -0.2) is 9.18 Å². The number of amides is 2. The van der Waals surface area contributed by atoms with E-state index in [-0.39, 0.29) is 17.8 Å². The van der Waals surface area contributed by atoms with Gasteiger partial charge in [0.25, 0.3) is 5.91 Å². The first kappa shape index (κ1) is 19.4. The highest BCUT2D eigenvalue weighted by Gasteiger charge is 2.28. The van der Waals surface area contributed by atoms with Crippen molar-refractivity contribution in [3.63, 3.8) is 0 Å². The molecule has 0 unspecified atom stereocenters. The molecular formula is C21H22FN3O3S. The molecular weight excluding hydrogens is 393 g/mol. The van der Waals surface area contributed by atoms with Crippen molar-refractivity contribution in [3.8, 4) is 0 Å². The molecule has 0 saturated carbocycles. The number of carbonyl (C=O) groups excluding carboxylic acids is 2.